The van der Waals surface area contributed by atoms with Crippen molar-refractivity contribution in [2.75, 3.05) is 13.1 Å². The Morgan fingerprint density at radius 1 is 1.00 bits per heavy atom. The van der Waals surface area contributed by atoms with E-state index in [4.69, 9.17) is 9.31 Å². The Balaban J connectivity index is 0.00000128. The molecule has 0 radical (unpaired) electrons. The zero-order valence-electron chi connectivity index (χ0n) is 10.7. The molecule has 16 heavy (non-hydrogen) atoms. The first-order valence-corrected chi connectivity index (χ1v) is 5.99. The number of nitrogens with one attached hydrogen (secondary N) is 1. The predicted octanol–water partition coefficient (Wildman–Crippen LogP) is 2.25. The molecular weight excluding hydrogens is 224 g/mol. The molecule has 2 saturated heterocycles. The lowest BCUT2D eigenvalue weighted by Crippen LogP contribution is -2.41. The number of hydrogen-bond donors (Lipinski definition) is 1. The van der Waals surface area contributed by atoms with E-state index in [0.29, 0.717) is 5.82 Å². The van der Waals surface area contributed by atoms with Gasteiger partial charge in [0.05, 0.1) is 11.2 Å². The van der Waals surface area contributed by atoms with E-state index in [0.717, 1.165) is 25.9 Å². The Morgan fingerprint density at radius 3 is 1.88 bits per heavy atom. The molecule has 0 aromatic rings. The van der Waals surface area contributed by atoms with Crippen LogP contribution in [0.1, 0.15) is 40.5 Å². The summed E-state index contributed by atoms with van der Waals surface area (Å²) in [4.78, 5) is 0. The first-order valence-electron chi connectivity index (χ1n) is 5.99. The van der Waals surface area contributed by atoms with Gasteiger partial charge in [0, 0.05) is 0 Å². The Morgan fingerprint density at radius 2 is 1.44 bits per heavy atom. The van der Waals surface area contributed by atoms with E-state index in [-0.39, 0.29) is 30.7 Å². The molecule has 2 fully saturated rings. The lowest BCUT2D eigenvalue weighted by Gasteiger charge is -2.32. The quantitative estimate of drug-likeness (QED) is 0.721. The van der Waals surface area contributed by atoms with Gasteiger partial charge in [-0.25, -0.2) is 0 Å². The van der Waals surface area contributed by atoms with E-state index in [2.05, 4.69) is 33.0 Å². The van der Waals surface area contributed by atoms with Gasteiger partial charge in [0.15, 0.2) is 0 Å². The van der Waals surface area contributed by atoms with Crippen LogP contribution in [0.5, 0.6) is 0 Å². The average Bonchev–Trinajstić information content (AvgIpc) is 2.38. The third kappa shape index (κ3) is 2.56. The van der Waals surface area contributed by atoms with E-state index in [1.54, 1.807) is 0 Å². The van der Waals surface area contributed by atoms with Crippen LogP contribution in [-0.4, -0.2) is 31.4 Å². The maximum atomic E-state index is 6.05. The summed E-state index contributed by atoms with van der Waals surface area (Å²) in [6.07, 6.45) is 2.33. The van der Waals surface area contributed by atoms with Crippen molar-refractivity contribution in [3.8, 4) is 0 Å². The van der Waals surface area contributed by atoms with Crippen LogP contribution >= 0.6 is 12.4 Å². The molecule has 0 unspecified atom stereocenters. The molecule has 94 valence electrons. The summed E-state index contributed by atoms with van der Waals surface area (Å²) in [6.45, 7) is 10.7. The Kier molecular flexibility index (Phi) is 4.33. The summed E-state index contributed by atoms with van der Waals surface area (Å²) in [5.74, 6) is 0.562. The largest absolute Gasteiger partial charge is 0.461 e. The highest BCUT2D eigenvalue weighted by atomic mass is 35.5. The van der Waals surface area contributed by atoms with Crippen LogP contribution in [0.3, 0.4) is 0 Å². The van der Waals surface area contributed by atoms with Crippen molar-refractivity contribution in [3.05, 3.63) is 0 Å². The van der Waals surface area contributed by atoms with Gasteiger partial charge in [0.1, 0.15) is 0 Å². The highest BCUT2D eigenvalue weighted by Gasteiger charge is 2.53. The lowest BCUT2D eigenvalue weighted by molar-refractivity contribution is 0.00578. The summed E-state index contributed by atoms with van der Waals surface area (Å²) in [5.41, 5.74) is -0.356. The van der Waals surface area contributed by atoms with E-state index in [9.17, 15) is 0 Å². The summed E-state index contributed by atoms with van der Waals surface area (Å²) in [5, 5.41) is 3.37. The van der Waals surface area contributed by atoms with Crippen molar-refractivity contribution in [2.24, 2.45) is 0 Å². The fraction of sp³-hybridized carbons (Fsp3) is 1.00. The molecule has 1 N–H and O–H groups in total. The van der Waals surface area contributed by atoms with Gasteiger partial charge in [-0.05, 0) is 59.4 Å². The number of rotatable bonds is 1. The maximum absolute atomic E-state index is 6.05. The van der Waals surface area contributed by atoms with Gasteiger partial charge >= 0.3 is 7.12 Å². The Hall–Kier alpha value is 0.235. The molecule has 0 aliphatic carbocycles. The molecule has 0 aromatic carbocycles. The van der Waals surface area contributed by atoms with Crippen LogP contribution < -0.4 is 5.32 Å². The Bertz CT molecular complexity index is 226. The number of piperidine rings is 1. The fourth-order valence-electron chi connectivity index (χ4n) is 2.20. The topological polar surface area (TPSA) is 30.5 Å². The molecule has 0 amide bonds. The monoisotopic (exact) mass is 247 g/mol. The van der Waals surface area contributed by atoms with Gasteiger partial charge in [0.25, 0.3) is 0 Å². The smallest absolute Gasteiger partial charge is 0.403 e. The SMILES string of the molecule is CC1(C)OB(C2CCNCC2)OC1(C)C.Cl. The van der Waals surface area contributed by atoms with Crippen LogP contribution in [0.2, 0.25) is 5.82 Å². The first kappa shape index (κ1) is 14.3. The minimum Gasteiger partial charge on any atom is -0.403 e. The van der Waals surface area contributed by atoms with Crippen molar-refractivity contribution >= 4 is 19.5 Å². The van der Waals surface area contributed by atoms with E-state index in [1.807, 2.05) is 0 Å². The second-order valence-electron chi connectivity index (χ2n) is 5.71. The minimum atomic E-state index is -0.178. The number of halogens is 1. The van der Waals surface area contributed by atoms with Crippen LogP contribution in [-0.2, 0) is 9.31 Å². The predicted molar refractivity (Wildman–Crippen MR) is 69.2 cm³/mol. The van der Waals surface area contributed by atoms with Gasteiger partial charge in [-0.15, -0.1) is 12.4 Å². The Labute approximate surface area is 105 Å². The highest BCUT2D eigenvalue weighted by Crippen LogP contribution is 2.41. The minimum absolute atomic E-state index is 0. The normalized spacial score (nSPS) is 28.9. The standard InChI is InChI=1S/C11H22BNO2.ClH/c1-10(2)11(3,4)15-12(14-10)9-5-7-13-8-6-9;/h9,13H,5-8H2,1-4H3;1H. The third-order valence-corrected chi connectivity index (χ3v) is 4.04. The number of hydrogen-bond acceptors (Lipinski definition) is 3. The molecule has 0 bridgehead atoms. The fourth-order valence-corrected chi connectivity index (χ4v) is 2.20. The van der Waals surface area contributed by atoms with Crippen molar-refractivity contribution in [3.63, 3.8) is 0 Å². The third-order valence-electron chi connectivity index (χ3n) is 4.04. The molecular formula is C11H23BClNO2. The molecule has 5 heteroatoms. The van der Waals surface area contributed by atoms with E-state index in [1.165, 1.54) is 0 Å². The summed E-state index contributed by atoms with van der Waals surface area (Å²) < 4.78 is 12.1. The summed E-state index contributed by atoms with van der Waals surface area (Å²) in [6, 6.07) is 0. The van der Waals surface area contributed by atoms with Crippen molar-refractivity contribution in [1.82, 2.24) is 5.32 Å². The van der Waals surface area contributed by atoms with Crippen LogP contribution in [0, 0.1) is 0 Å². The zero-order chi connectivity index (χ0) is 11.1. The molecule has 0 saturated carbocycles. The molecule has 2 aliphatic rings. The molecule has 0 atom stereocenters. The summed E-state index contributed by atoms with van der Waals surface area (Å²) in [7, 11) is -0.00269. The van der Waals surface area contributed by atoms with Crippen LogP contribution in [0.25, 0.3) is 0 Å². The van der Waals surface area contributed by atoms with Gasteiger partial charge in [-0.3, -0.25) is 0 Å². The molecule has 2 aliphatic heterocycles. The molecule has 2 heterocycles. The summed E-state index contributed by atoms with van der Waals surface area (Å²) >= 11 is 0. The van der Waals surface area contributed by atoms with E-state index < -0.39 is 0 Å². The lowest BCUT2D eigenvalue weighted by atomic mass is 9.67. The van der Waals surface area contributed by atoms with Crippen LogP contribution in [0.15, 0.2) is 0 Å². The van der Waals surface area contributed by atoms with Crippen molar-refractivity contribution < 1.29 is 9.31 Å². The zero-order valence-corrected chi connectivity index (χ0v) is 11.5. The molecule has 0 aromatic heterocycles. The second-order valence-corrected chi connectivity index (χ2v) is 5.71. The first-order chi connectivity index (χ1) is 6.92. The van der Waals surface area contributed by atoms with Crippen molar-refractivity contribution in [2.45, 2.75) is 57.6 Å². The average molecular weight is 248 g/mol. The van der Waals surface area contributed by atoms with Gasteiger partial charge in [-0.1, -0.05) is 0 Å². The van der Waals surface area contributed by atoms with Crippen LogP contribution in [0.4, 0.5) is 0 Å². The van der Waals surface area contributed by atoms with Crippen molar-refractivity contribution in [1.29, 1.82) is 0 Å². The van der Waals surface area contributed by atoms with Gasteiger partial charge in [-0.2, -0.15) is 0 Å². The highest BCUT2D eigenvalue weighted by molar-refractivity contribution is 6.47. The van der Waals surface area contributed by atoms with Gasteiger partial charge < -0.3 is 14.6 Å². The maximum Gasteiger partial charge on any atom is 0.461 e. The molecule has 3 nitrogen and oxygen atoms in total. The van der Waals surface area contributed by atoms with Gasteiger partial charge in [0.2, 0.25) is 0 Å². The second kappa shape index (κ2) is 4.85. The van der Waals surface area contributed by atoms with E-state index >= 15 is 0 Å². The molecule has 0 spiro atoms. The molecule has 2 rings (SSSR count).